The molecule has 6 nitrogen and oxygen atoms in total. The number of hydrogen-bond acceptors (Lipinski definition) is 5. The van der Waals surface area contributed by atoms with Crippen LogP contribution in [0.5, 0.6) is 0 Å². The Hall–Kier alpha value is -4.11. The fraction of sp³-hybridized carbons (Fsp3) is 0.0455. The van der Waals surface area contributed by atoms with Gasteiger partial charge in [-0.05, 0) is 36.4 Å². The van der Waals surface area contributed by atoms with E-state index in [0.717, 1.165) is 22.2 Å². The standard InChI is InChI=1S/C22H13N3O3/c23-11-14(21-24-18-3-1-2-4-19(18)25-21)10-16-6-8-20(28-16)13-5-7-17-15(9-13)12-27-22(17)26/h1-10H,12H2,(H,24,25). The lowest BCUT2D eigenvalue weighted by molar-refractivity contribution is 0.0535. The highest BCUT2D eigenvalue weighted by atomic mass is 16.5. The van der Waals surface area contributed by atoms with Crippen LogP contribution in [-0.4, -0.2) is 15.9 Å². The van der Waals surface area contributed by atoms with E-state index < -0.39 is 0 Å². The molecule has 0 spiro atoms. The van der Waals surface area contributed by atoms with Crippen LogP contribution >= 0.6 is 0 Å². The van der Waals surface area contributed by atoms with Gasteiger partial charge in [0.15, 0.2) is 0 Å². The van der Waals surface area contributed by atoms with Crippen molar-refractivity contribution < 1.29 is 13.9 Å². The first-order valence-electron chi connectivity index (χ1n) is 8.68. The SMILES string of the molecule is N#CC(=Cc1ccc(-c2ccc3c(c2)COC3=O)o1)c1nc2ccccc2[nH]1. The first kappa shape index (κ1) is 16.1. The number of para-hydroxylation sites is 2. The molecular weight excluding hydrogens is 354 g/mol. The number of carbonyl (C=O) groups is 1. The lowest BCUT2D eigenvalue weighted by atomic mass is 10.0. The summed E-state index contributed by atoms with van der Waals surface area (Å²) in [6.07, 6.45) is 1.65. The lowest BCUT2D eigenvalue weighted by Crippen LogP contribution is -1.92. The number of aromatic nitrogens is 2. The van der Waals surface area contributed by atoms with Crippen molar-refractivity contribution in [3.8, 4) is 17.4 Å². The van der Waals surface area contributed by atoms with Gasteiger partial charge in [-0.3, -0.25) is 0 Å². The molecule has 0 bridgehead atoms. The fourth-order valence-corrected chi connectivity index (χ4v) is 3.25. The van der Waals surface area contributed by atoms with Crippen LogP contribution in [0.3, 0.4) is 0 Å². The molecule has 0 saturated carbocycles. The monoisotopic (exact) mass is 367 g/mol. The van der Waals surface area contributed by atoms with Crippen LogP contribution in [0.15, 0.2) is 59.0 Å². The Kier molecular flexibility index (Phi) is 3.59. The Labute approximate surface area is 159 Å². The lowest BCUT2D eigenvalue weighted by Gasteiger charge is -1.99. The highest BCUT2D eigenvalue weighted by Gasteiger charge is 2.21. The molecule has 0 atom stereocenters. The summed E-state index contributed by atoms with van der Waals surface area (Å²) >= 11 is 0. The molecule has 1 N–H and O–H groups in total. The van der Waals surface area contributed by atoms with Crippen molar-refractivity contribution in [2.24, 2.45) is 0 Å². The number of esters is 1. The Balaban J connectivity index is 1.48. The molecule has 1 aliphatic heterocycles. The van der Waals surface area contributed by atoms with E-state index in [1.54, 1.807) is 18.2 Å². The van der Waals surface area contributed by atoms with Crippen LogP contribution in [-0.2, 0) is 11.3 Å². The van der Waals surface area contributed by atoms with Gasteiger partial charge in [-0.2, -0.15) is 5.26 Å². The molecule has 3 heterocycles. The minimum absolute atomic E-state index is 0.278. The molecule has 5 rings (SSSR count). The molecule has 1 aliphatic rings. The third-order valence-electron chi connectivity index (χ3n) is 4.65. The van der Waals surface area contributed by atoms with Gasteiger partial charge in [0.05, 0.1) is 22.2 Å². The molecule has 0 fully saturated rings. The number of cyclic esters (lactones) is 1. The van der Waals surface area contributed by atoms with Crippen molar-refractivity contribution in [1.82, 2.24) is 9.97 Å². The Morgan fingerprint density at radius 3 is 2.93 bits per heavy atom. The Bertz CT molecular complexity index is 1270. The zero-order chi connectivity index (χ0) is 19.1. The third-order valence-corrected chi connectivity index (χ3v) is 4.65. The number of imidazole rings is 1. The van der Waals surface area contributed by atoms with E-state index in [1.807, 2.05) is 42.5 Å². The van der Waals surface area contributed by atoms with Crippen molar-refractivity contribution in [2.45, 2.75) is 6.61 Å². The summed E-state index contributed by atoms with van der Waals surface area (Å²) in [6.45, 7) is 0.278. The maximum absolute atomic E-state index is 11.6. The highest BCUT2D eigenvalue weighted by molar-refractivity contribution is 5.94. The molecule has 0 saturated heterocycles. The number of nitriles is 1. The minimum atomic E-state index is -0.297. The molecule has 0 unspecified atom stereocenters. The number of carbonyl (C=O) groups excluding carboxylic acids is 1. The molecule has 6 heteroatoms. The summed E-state index contributed by atoms with van der Waals surface area (Å²) in [5, 5.41) is 9.55. The number of fused-ring (bicyclic) bond motifs is 2. The molecule has 0 amide bonds. The van der Waals surface area contributed by atoms with E-state index in [4.69, 9.17) is 9.15 Å². The topological polar surface area (TPSA) is 91.9 Å². The van der Waals surface area contributed by atoms with Crippen LogP contribution < -0.4 is 0 Å². The maximum Gasteiger partial charge on any atom is 0.338 e. The van der Waals surface area contributed by atoms with Gasteiger partial charge in [-0.25, -0.2) is 9.78 Å². The second kappa shape index (κ2) is 6.25. The van der Waals surface area contributed by atoms with E-state index in [-0.39, 0.29) is 12.6 Å². The molecule has 4 aromatic rings. The zero-order valence-electron chi connectivity index (χ0n) is 14.6. The number of H-pyrrole nitrogens is 1. The Morgan fingerprint density at radius 1 is 1.18 bits per heavy atom. The van der Waals surface area contributed by atoms with E-state index >= 15 is 0 Å². The second-order valence-corrected chi connectivity index (χ2v) is 6.42. The summed E-state index contributed by atoms with van der Waals surface area (Å²) < 4.78 is 10.9. The molecule has 2 aromatic heterocycles. The summed E-state index contributed by atoms with van der Waals surface area (Å²) in [5.74, 6) is 1.39. The predicted octanol–water partition coefficient (Wildman–Crippen LogP) is 4.56. The average molecular weight is 367 g/mol. The van der Waals surface area contributed by atoms with Gasteiger partial charge >= 0.3 is 5.97 Å². The van der Waals surface area contributed by atoms with Crippen LogP contribution in [0.2, 0.25) is 0 Å². The first-order chi connectivity index (χ1) is 13.7. The summed E-state index contributed by atoms with van der Waals surface area (Å²) in [4.78, 5) is 19.2. The van der Waals surface area contributed by atoms with Gasteiger partial charge in [0.2, 0.25) is 0 Å². The molecule has 0 aliphatic carbocycles. The quantitative estimate of drug-likeness (QED) is 0.423. The summed E-state index contributed by atoms with van der Waals surface area (Å²) in [6, 6.07) is 18.9. The van der Waals surface area contributed by atoms with Gasteiger partial charge in [0.25, 0.3) is 0 Å². The van der Waals surface area contributed by atoms with E-state index in [9.17, 15) is 10.1 Å². The third kappa shape index (κ3) is 2.66. The maximum atomic E-state index is 11.6. The second-order valence-electron chi connectivity index (χ2n) is 6.42. The largest absolute Gasteiger partial charge is 0.457 e. The normalized spacial score (nSPS) is 13.4. The van der Waals surface area contributed by atoms with E-state index in [2.05, 4.69) is 16.0 Å². The van der Waals surface area contributed by atoms with Crippen LogP contribution in [0, 0.1) is 11.3 Å². The molecule has 28 heavy (non-hydrogen) atoms. The Morgan fingerprint density at radius 2 is 2.07 bits per heavy atom. The van der Waals surface area contributed by atoms with E-state index in [0.29, 0.717) is 28.5 Å². The van der Waals surface area contributed by atoms with Gasteiger partial charge in [-0.1, -0.05) is 18.2 Å². The fourth-order valence-electron chi connectivity index (χ4n) is 3.25. The number of ether oxygens (including phenoxy) is 1. The van der Waals surface area contributed by atoms with Crippen molar-refractivity contribution in [3.05, 3.63) is 77.3 Å². The average Bonchev–Trinajstić information content (AvgIpc) is 3.44. The van der Waals surface area contributed by atoms with Crippen molar-refractivity contribution in [3.63, 3.8) is 0 Å². The highest BCUT2D eigenvalue weighted by Crippen LogP contribution is 2.29. The molecule has 0 radical (unpaired) electrons. The van der Waals surface area contributed by atoms with Crippen LogP contribution in [0.4, 0.5) is 0 Å². The number of hydrogen-bond donors (Lipinski definition) is 1. The first-order valence-corrected chi connectivity index (χ1v) is 8.68. The van der Waals surface area contributed by atoms with Gasteiger partial charge in [0, 0.05) is 17.2 Å². The number of allylic oxidation sites excluding steroid dienone is 1. The zero-order valence-corrected chi connectivity index (χ0v) is 14.6. The van der Waals surface area contributed by atoms with Crippen molar-refractivity contribution in [2.75, 3.05) is 0 Å². The van der Waals surface area contributed by atoms with Crippen molar-refractivity contribution >= 4 is 28.7 Å². The van der Waals surface area contributed by atoms with E-state index in [1.165, 1.54) is 0 Å². The number of furan rings is 1. The number of nitrogens with one attached hydrogen (secondary N) is 1. The molecular formula is C22H13N3O3. The van der Waals surface area contributed by atoms with Crippen LogP contribution in [0.1, 0.15) is 27.5 Å². The van der Waals surface area contributed by atoms with Crippen molar-refractivity contribution in [1.29, 1.82) is 5.26 Å². The molecule has 2 aromatic carbocycles. The predicted molar refractivity (Wildman–Crippen MR) is 103 cm³/mol. The summed E-state index contributed by atoms with van der Waals surface area (Å²) in [5.41, 5.74) is 4.33. The number of nitrogens with zero attached hydrogens (tertiary/aromatic N) is 2. The number of benzene rings is 2. The smallest absolute Gasteiger partial charge is 0.338 e. The molecule has 134 valence electrons. The van der Waals surface area contributed by atoms with Gasteiger partial charge < -0.3 is 14.1 Å². The van der Waals surface area contributed by atoms with Gasteiger partial charge in [0.1, 0.15) is 30.0 Å². The van der Waals surface area contributed by atoms with Crippen LogP contribution in [0.25, 0.3) is 34.0 Å². The van der Waals surface area contributed by atoms with Gasteiger partial charge in [-0.15, -0.1) is 0 Å². The number of aromatic amines is 1. The minimum Gasteiger partial charge on any atom is -0.457 e. The summed E-state index contributed by atoms with van der Waals surface area (Å²) in [7, 11) is 0. The number of rotatable bonds is 3.